The van der Waals surface area contributed by atoms with Gasteiger partial charge in [0.05, 0.1) is 6.26 Å². The summed E-state index contributed by atoms with van der Waals surface area (Å²) >= 11 is 0. The van der Waals surface area contributed by atoms with Crippen LogP contribution in [0.4, 0.5) is 4.79 Å². The predicted octanol–water partition coefficient (Wildman–Crippen LogP) is 1.02. The highest BCUT2D eigenvalue weighted by Crippen LogP contribution is 2.18. The molecule has 0 saturated heterocycles. The normalized spacial score (nSPS) is 14.9. The van der Waals surface area contributed by atoms with Crippen LogP contribution in [0.25, 0.3) is 0 Å². The van der Waals surface area contributed by atoms with Gasteiger partial charge >= 0.3 is 23.9 Å². The number of aliphatic carboxylic acids is 3. The fourth-order valence-electron chi connectivity index (χ4n) is 1.92. The van der Waals surface area contributed by atoms with Crippen LogP contribution in [0.2, 0.25) is 0 Å². The Morgan fingerprint density at radius 1 is 1.19 bits per heavy atom. The fourth-order valence-corrected chi connectivity index (χ4v) is 1.92. The number of nitrogens with one attached hydrogen (secondary N) is 2. The Kier molecular flexibility index (Phi) is 9.20. The molecule has 2 amide bonds. The lowest BCUT2D eigenvalue weighted by Gasteiger charge is -2.27. The highest BCUT2D eigenvalue weighted by atomic mass is 16.4. The standard InChI is InChI=1S/C16H22N2O8/c1-3-10(5-4-8-19)9-16(2,14(24)25)18-15(26)17-11(13(22)23)6-7-12(20)21/h3-5,8,11,19H,1,6-7,9H2,2H3,(H,20,21)(H,22,23)(H,24,25)(H2,17,18,26)/b8-4+,10-5+/t11-,16?/m0/s1. The van der Waals surface area contributed by atoms with E-state index in [4.69, 9.17) is 15.3 Å². The van der Waals surface area contributed by atoms with Crippen LogP contribution in [-0.2, 0) is 14.4 Å². The number of allylic oxidation sites excluding steroid dienone is 3. The third-order valence-electron chi connectivity index (χ3n) is 3.33. The number of urea groups is 1. The third kappa shape index (κ3) is 7.99. The van der Waals surface area contributed by atoms with Crippen molar-refractivity contribution in [2.45, 2.75) is 37.8 Å². The maximum atomic E-state index is 12.0. The second-order valence-electron chi connectivity index (χ2n) is 5.52. The van der Waals surface area contributed by atoms with Gasteiger partial charge in [0.15, 0.2) is 0 Å². The second-order valence-corrected chi connectivity index (χ2v) is 5.52. The number of aliphatic hydroxyl groups is 1. The molecule has 0 bridgehead atoms. The summed E-state index contributed by atoms with van der Waals surface area (Å²) in [5.74, 6) is -4.06. The van der Waals surface area contributed by atoms with E-state index in [-0.39, 0.29) is 12.8 Å². The largest absolute Gasteiger partial charge is 0.516 e. The van der Waals surface area contributed by atoms with E-state index in [0.29, 0.717) is 5.57 Å². The zero-order chi connectivity index (χ0) is 20.3. The highest BCUT2D eigenvalue weighted by molar-refractivity contribution is 5.88. The van der Waals surface area contributed by atoms with Gasteiger partial charge in [-0.25, -0.2) is 14.4 Å². The number of aliphatic hydroxyl groups excluding tert-OH is 1. The molecule has 0 heterocycles. The topological polar surface area (TPSA) is 173 Å². The van der Waals surface area contributed by atoms with Crippen molar-refractivity contribution in [2.24, 2.45) is 0 Å². The van der Waals surface area contributed by atoms with Crippen molar-refractivity contribution in [2.75, 3.05) is 0 Å². The first-order chi connectivity index (χ1) is 12.1. The molecule has 2 atom stereocenters. The van der Waals surface area contributed by atoms with Gasteiger partial charge in [0, 0.05) is 12.8 Å². The molecule has 0 saturated carbocycles. The first-order valence-corrected chi connectivity index (χ1v) is 7.44. The van der Waals surface area contributed by atoms with Crippen molar-refractivity contribution in [3.05, 3.63) is 36.6 Å². The summed E-state index contributed by atoms with van der Waals surface area (Å²) in [6.07, 6.45) is 3.67. The minimum Gasteiger partial charge on any atom is -0.516 e. The van der Waals surface area contributed by atoms with Crippen molar-refractivity contribution < 1.29 is 39.6 Å². The summed E-state index contributed by atoms with van der Waals surface area (Å²) in [7, 11) is 0. The maximum Gasteiger partial charge on any atom is 0.329 e. The lowest BCUT2D eigenvalue weighted by atomic mass is 9.92. The number of carboxylic acid groups (broad SMARTS) is 3. The molecule has 144 valence electrons. The Hall–Kier alpha value is -3.30. The van der Waals surface area contributed by atoms with Crippen molar-refractivity contribution in [3.8, 4) is 0 Å². The Morgan fingerprint density at radius 3 is 2.23 bits per heavy atom. The molecule has 1 unspecified atom stereocenters. The smallest absolute Gasteiger partial charge is 0.329 e. The van der Waals surface area contributed by atoms with Gasteiger partial charge in [0.1, 0.15) is 11.6 Å². The fraction of sp³-hybridized carbons (Fsp3) is 0.375. The van der Waals surface area contributed by atoms with E-state index in [1.165, 1.54) is 25.2 Å². The molecule has 26 heavy (non-hydrogen) atoms. The van der Waals surface area contributed by atoms with Crippen LogP contribution in [-0.4, -0.2) is 55.9 Å². The average molecular weight is 370 g/mol. The number of carboxylic acids is 3. The molecule has 0 spiro atoms. The highest BCUT2D eigenvalue weighted by Gasteiger charge is 2.36. The van der Waals surface area contributed by atoms with Crippen LogP contribution in [0.1, 0.15) is 26.2 Å². The van der Waals surface area contributed by atoms with Gasteiger partial charge in [0.25, 0.3) is 0 Å². The van der Waals surface area contributed by atoms with Gasteiger partial charge in [-0.15, -0.1) is 0 Å². The van der Waals surface area contributed by atoms with E-state index >= 15 is 0 Å². The molecule has 10 nitrogen and oxygen atoms in total. The molecule has 0 aromatic rings. The van der Waals surface area contributed by atoms with Gasteiger partial charge in [-0.05, 0) is 25.0 Å². The monoisotopic (exact) mass is 370 g/mol. The third-order valence-corrected chi connectivity index (χ3v) is 3.33. The summed E-state index contributed by atoms with van der Waals surface area (Å²) in [6, 6.07) is -2.57. The second kappa shape index (κ2) is 10.5. The van der Waals surface area contributed by atoms with E-state index in [1.807, 2.05) is 5.32 Å². The van der Waals surface area contributed by atoms with Crippen LogP contribution >= 0.6 is 0 Å². The first kappa shape index (κ1) is 22.7. The van der Waals surface area contributed by atoms with E-state index in [0.717, 1.165) is 6.26 Å². The van der Waals surface area contributed by atoms with Crippen LogP contribution < -0.4 is 10.6 Å². The quantitative estimate of drug-likeness (QED) is 0.231. The molecule has 0 aliphatic rings. The lowest BCUT2D eigenvalue weighted by Crippen LogP contribution is -2.57. The van der Waals surface area contributed by atoms with Crippen LogP contribution in [0.3, 0.4) is 0 Å². The van der Waals surface area contributed by atoms with Gasteiger partial charge in [-0.1, -0.05) is 18.7 Å². The van der Waals surface area contributed by atoms with Crippen LogP contribution in [0.15, 0.2) is 36.6 Å². The van der Waals surface area contributed by atoms with Gasteiger partial charge in [-0.2, -0.15) is 0 Å². The Labute approximate surface area is 149 Å². The number of carbonyl (C=O) groups excluding carboxylic acids is 1. The lowest BCUT2D eigenvalue weighted by molar-refractivity contribution is -0.143. The molecule has 0 rings (SSSR count). The molecule has 0 radical (unpaired) electrons. The molecule has 0 aromatic carbocycles. The summed E-state index contributed by atoms with van der Waals surface area (Å²) in [6.45, 7) is 4.72. The summed E-state index contributed by atoms with van der Waals surface area (Å²) in [5, 5.41) is 39.9. The summed E-state index contributed by atoms with van der Waals surface area (Å²) in [5.41, 5.74) is -1.41. The van der Waals surface area contributed by atoms with E-state index < -0.39 is 41.9 Å². The number of rotatable bonds is 11. The van der Waals surface area contributed by atoms with Gasteiger partial charge in [0.2, 0.25) is 0 Å². The molecule has 0 aromatic heterocycles. The van der Waals surface area contributed by atoms with E-state index in [2.05, 4.69) is 11.9 Å². The van der Waals surface area contributed by atoms with Crippen molar-refractivity contribution >= 4 is 23.9 Å². The molecule has 0 aliphatic heterocycles. The van der Waals surface area contributed by atoms with E-state index in [9.17, 15) is 24.3 Å². The minimum absolute atomic E-state index is 0.198. The van der Waals surface area contributed by atoms with Crippen molar-refractivity contribution in [1.29, 1.82) is 0 Å². The minimum atomic E-state index is -1.80. The molecular weight excluding hydrogens is 348 g/mol. The predicted molar refractivity (Wildman–Crippen MR) is 90.7 cm³/mol. The Balaban J connectivity index is 5.20. The summed E-state index contributed by atoms with van der Waals surface area (Å²) < 4.78 is 0. The van der Waals surface area contributed by atoms with Crippen LogP contribution in [0, 0.1) is 0 Å². The van der Waals surface area contributed by atoms with Crippen molar-refractivity contribution in [3.63, 3.8) is 0 Å². The number of hydrogen-bond acceptors (Lipinski definition) is 5. The molecule has 6 N–H and O–H groups in total. The van der Waals surface area contributed by atoms with E-state index in [1.54, 1.807) is 0 Å². The van der Waals surface area contributed by atoms with Crippen molar-refractivity contribution in [1.82, 2.24) is 10.6 Å². The number of carbonyl (C=O) groups is 4. The Morgan fingerprint density at radius 2 is 1.81 bits per heavy atom. The summed E-state index contributed by atoms with van der Waals surface area (Å²) in [4.78, 5) is 45.2. The zero-order valence-corrected chi connectivity index (χ0v) is 14.1. The van der Waals surface area contributed by atoms with Gasteiger partial charge < -0.3 is 31.1 Å². The Bertz CT molecular complexity index is 626. The number of hydrogen-bond donors (Lipinski definition) is 6. The maximum absolute atomic E-state index is 12.0. The molecular formula is C16H22N2O8. The first-order valence-electron chi connectivity index (χ1n) is 7.44. The average Bonchev–Trinajstić information content (AvgIpc) is 2.54. The SMILES string of the molecule is C=C/C(=C\C=C\O)CC(C)(NC(=O)N[C@@H](CCC(=O)O)C(=O)O)C(=O)O. The molecule has 0 aliphatic carbocycles. The zero-order valence-electron chi connectivity index (χ0n) is 14.1. The molecule has 10 heteroatoms. The van der Waals surface area contributed by atoms with Crippen LogP contribution in [0.5, 0.6) is 0 Å². The van der Waals surface area contributed by atoms with Gasteiger partial charge in [-0.3, -0.25) is 4.79 Å². The number of amides is 2. The molecule has 0 fully saturated rings.